The number of aliphatic hydroxyl groups excluding tert-OH is 1. The van der Waals surface area contributed by atoms with Crippen molar-refractivity contribution >= 4 is 11.6 Å². The Bertz CT molecular complexity index is 1100. The summed E-state index contributed by atoms with van der Waals surface area (Å²) in [7, 11) is 0. The maximum atomic E-state index is 9.29. The van der Waals surface area contributed by atoms with Crippen LogP contribution in [0.4, 0.5) is 11.6 Å². The normalized spacial score (nSPS) is 10.8. The van der Waals surface area contributed by atoms with Gasteiger partial charge in [-0.05, 0) is 49.7 Å². The van der Waals surface area contributed by atoms with Crippen LogP contribution in [0.3, 0.4) is 0 Å². The number of aliphatic hydroxyl groups is 1. The van der Waals surface area contributed by atoms with Gasteiger partial charge >= 0.3 is 0 Å². The largest absolute Gasteiger partial charge is 0.392 e. The van der Waals surface area contributed by atoms with Crippen molar-refractivity contribution in [1.29, 1.82) is 0 Å². The summed E-state index contributed by atoms with van der Waals surface area (Å²) in [5.74, 6) is 0.495. The predicted octanol–water partition coefficient (Wildman–Crippen LogP) is 4.18. The van der Waals surface area contributed by atoms with E-state index in [0.29, 0.717) is 5.95 Å². The molecule has 0 atom stereocenters. The van der Waals surface area contributed by atoms with Crippen LogP contribution in [0.2, 0.25) is 0 Å². The van der Waals surface area contributed by atoms with Crippen molar-refractivity contribution in [2.24, 2.45) is 0 Å². The molecule has 0 radical (unpaired) electrons. The molecule has 0 saturated carbocycles. The van der Waals surface area contributed by atoms with Crippen molar-refractivity contribution in [3.63, 3.8) is 0 Å². The lowest BCUT2D eigenvalue weighted by atomic mass is 10.2. The summed E-state index contributed by atoms with van der Waals surface area (Å²) in [4.78, 5) is 8.95. The summed E-state index contributed by atoms with van der Waals surface area (Å²) < 4.78 is 1.87. The van der Waals surface area contributed by atoms with Crippen LogP contribution >= 0.6 is 0 Å². The molecule has 6 nitrogen and oxygen atoms in total. The van der Waals surface area contributed by atoms with Crippen LogP contribution in [0.1, 0.15) is 16.8 Å². The lowest BCUT2D eigenvalue weighted by Gasteiger charge is -2.07. The first-order valence-corrected chi connectivity index (χ1v) is 9.06. The molecule has 140 valence electrons. The van der Waals surface area contributed by atoms with Gasteiger partial charge in [0.1, 0.15) is 0 Å². The van der Waals surface area contributed by atoms with Crippen LogP contribution in [-0.2, 0) is 6.61 Å². The van der Waals surface area contributed by atoms with Crippen molar-refractivity contribution in [2.45, 2.75) is 20.5 Å². The van der Waals surface area contributed by atoms with E-state index in [1.54, 1.807) is 6.20 Å². The van der Waals surface area contributed by atoms with Crippen molar-refractivity contribution in [2.75, 3.05) is 5.32 Å². The molecular formula is C22H21N5O. The van der Waals surface area contributed by atoms with E-state index in [-0.39, 0.29) is 6.61 Å². The summed E-state index contributed by atoms with van der Waals surface area (Å²) in [5, 5.41) is 17.1. The highest BCUT2D eigenvalue weighted by molar-refractivity contribution is 5.64. The minimum absolute atomic E-state index is 0.00614. The molecule has 0 spiro atoms. The van der Waals surface area contributed by atoms with Gasteiger partial charge in [-0.2, -0.15) is 5.10 Å². The van der Waals surface area contributed by atoms with E-state index in [1.807, 2.05) is 60.3 Å². The van der Waals surface area contributed by atoms with Gasteiger partial charge in [0.05, 0.1) is 23.7 Å². The first-order chi connectivity index (χ1) is 13.6. The first kappa shape index (κ1) is 17.9. The highest BCUT2D eigenvalue weighted by Crippen LogP contribution is 2.24. The molecule has 0 aliphatic heterocycles. The smallest absolute Gasteiger partial charge is 0.227 e. The second-order valence-electron chi connectivity index (χ2n) is 6.66. The van der Waals surface area contributed by atoms with Gasteiger partial charge in [-0.3, -0.25) is 0 Å². The molecule has 28 heavy (non-hydrogen) atoms. The third kappa shape index (κ3) is 3.77. The molecule has 4 aromatic rings. The molecule has 0 amide bonds. The molecule has 6 heteroatoms. The number of hydrogen-bond acceptors (Lipinski definition) is 5. The van der Waals surface area contributed by atoms with Crippen molar-refractivity contribution < 1.29 is 5.11 Å². The average Bonchev–Trinajstić information content (AvgIpc) is 3.10. The van der Waals surface area contributed by atoms with Crippen molar-refractivity contribution in [1.82, 2.24) is 19.7 Å². The molecule has 0 saturated heterocycles. The Labute approximate surface area is 163 Å². The summed E-state index contributed by atoms with van der Waals surface area (Å²) >= 11 is 0. The number of nitrogens with zero attached hydrogens (tertiary/aromatic N) is 4. The molecule has 4 rings (SSSR count). The van der Waals surface area contributed by atoms with E-state index in [1.165, 1.54) is 5.56 Å². The zero-order valence-corrected chi connectivity index (χ0v) is 15.8. The highest BCUT2D eigenvalue weighted by Gasteiger charge is 2.11. The molecule has 0 aliphatic carbocycles. The van der Waals surface area contributed by atoms with Crippen LogP contribution in [0.5, 0.6) is 0 Å². The van der Waals surface area contributed by atoms with Gasteiger partial charge < -0.3 is 10.4 Å². The van der Waals surface area contributed by atoms with E-state index in [9.17, 15) is 5.11 Å². The molecule has 0 bridgehead atoms. The van der Waals surface area contributed by atoms with E-state index < -0.39 is 0 Å². The van der Waals surface area contributed by atoms with Gasteiger partial charge in [0.2, 0.25) is 5.95 Å². The summed E-state index contributed by atoms with van der Waals surface area (Å²) in [6, 6.07) is 17.6. The third-order valence-electron chi connectivity index (χ3n) is 4.49. The quantitative estimate of drug-likeness (QED) is 0.550. The number of nitrogens with one attached hydrogen (secondary N) is 1. The van der Waals surface area contributed by atoms with Crippen molar-refractivity contribution in [3.05, 3.63) is 83.8 Å². The van der Waals surface area contributed by atoms with Crippen LogP contribution < -0.4 is 5.32 Å². The monoisotopic (exact) mass is 371 g/mol. The second-order valence-corrected chi connectivity index (χ2v) is 6.66. The average molecular weight is 371 g/mol. The third-order valence-corrected chi connectivity index (χ3v) is 4.49. The Hall–Kier alpha value is -3.51. The standard InChI is InChI=1S/C22H21N5O/c1-15-6-8-19(9-7-15)27-13-20(16(2)26-27)21-10-11-23-22(25-21)24-18-5-3-4-17(12-18)14-28/h3-13,28H,14H2,1-2H3,(H,23,24,25). The molecule has 2 aromatic heterocycles. The lowest BCUT2D eigenvalue weighted by molar-refractivity contribution is 0.282. The Kier molecular flexibility index (Phi) is 4.87. The Morgan fingerprint density at radius 2 is 1.86 bits per heavy atom. The predicted molar refractivity (Wildman–Crippen MR) is 110 cm³/mol. The fourth-order valence-electron chi connectivity index (χ4n) is 2.99. The fourth-order valence-corrected chi connectivity index (χ4v) is 2.99. The topological polar surface area (TPSA) is 75.9 Å². The zero-order chi connectivity index (χ0) is 19.5. The number of benzene rings is 2. The van der Waals surface area contributed by atoms with Gasteiger partial charge in [-0.25, -0.2) is 14.6 Å². The second kappa shape index (κ2) is 7.62. The first-order valence-electron chi connectivity index (χ1n) is 9.06. The van der Waals surface area contributed by atoms with Crippen LogP contribution in [0, 0.1) is 13.8 Å². The minimum Gasteiger partial charge on any atom is -0.392 e. The number of hydrogen-bond donors (Lipinski definition) is 2. The van der Waals surface area contributed by atoms with Crippen LogP contribution in [-0.4, -0.2) is 24.9 Å². The number of aromatic nitrogens is 4. The Morgan fingerprint density at radius 3 is 2.64 bits per heavy atom. The van der Waals surface area contributed by atoms with E-state index in [4.69, 9.17) is 0 Å². The fraction of sp³-hybridized carbons (Fsp3) is 0.136. The maximum absolute atomic E-state index is 9.29. The van der Waals surface area contributed by atoms with E-state index in [2.05, 4.69) is 39.4 Å². The van der Waals surface area contributed by atoms with Gasteiger partial charge in [0.25, 0.3) is 0 Å². The van der Waals surface area contributed by atoms with Gasteiger partial charge in [0, 0.05) is 23.6 Å². The molecule has 0 unspecified atom stereocenters. The van der Waals surface area contributed by atoms with Gasteiger partial charge in [-0.15, -0.1) is 0 Å². The highest BCUT2D eigenvalue weighted by atomic mass is 16.3. The molecule has 2 aromatic carbocycles. The van der Waals surface area contributed by atoms with Crippen molar-refractivity contribution in [3.8, 4) is 16.9 Å². The Balaban J connectivity index is 1.63. The van der Waals surface area contributed by atoms with Crippen LogP contribution in [0.15, 0.2) is 67.0 Å². The van der Waals surface area contributed by atoms with Crippen LogP contribution in [0.25, 0.3) is 16.9 Å². The molecule has 0 fully saturated rings. The number of aryl methyl sites for hydroxylation is 2. The Morgan fingerprint density at radius 1 is 1.04 bits per heavy atom. The molecular weight excluding hydrogens is 350 g/mol. The maximum Gasteiger partial charge on any atom is 0.227 e. The summed E-state index contributed by atoms with van der Waals surface area (Å²) in [5.41, 5.74) is 6.53. The SMILES string of the molecule is Cc1ccc(-n2cc(-c3ccnc(Nc4cccc(CO)c4)n3)c(C)n2)cc1. The zero-order valence-electron chi connectivity index (χ0n) is 15.8. The molecule has 0 aliphatic rings. The number of anilines is 2. The number of rotatable bonds is 5. The summed E-state index contributed by atoms with van der Waals surface area (Å²) in [6.45, 7) is 4.03. The van der Waals surface area contributed by atoms with E-state index in [0.717, 1.165) is 33.9 Å². The molecule has 2 heterocycles. The summed E-state index contributed by atoms with van der Waals surface area (Å²) in [6.07, 6.45) is 3.71. The minimum atomic E-state index is -0.00614. The van der Waals surface area contributed by atoms with Gasteiger partial charge in [-0.1, -0.05) is 29.8 Å². The van der Waals surface area contributed by atoms with Gasteiger partial charge in [0.15, 0.2) is 0 Å². The lowest BCUT2D eigenvalue weighted by Crippen LogP contribution is -1.98. The van der Waals surface area contributed by atoms with E-state index >= 15 is 0 Å². The molecule has 2 N–H and O–H groups in total.